The number of hydrogen-bond acceptors (Lipinski definition) is 4. The first-order valence-corrected chi connectivity index (χ1v) is 8.72. The first-order chi connectivity index (χ1) is 12.7. The van der Waals surface area contributed by atoms with E-state index in [-0.39, 0.29) is 5.91 Å². The number of para-hydroxylation sites is 1. The number of rotatable bonds is 6. The Hall–Kier alpha value is -2.66. The molecule has 0 spiro atoms. The highest BCUT2D eigenvalue weighted by Gasteiger charge is 2.15. The maximum absolute atomic E-state index is 12.0. The zero-order chi connectivity index (χ0) is 18.4. The molecule has 0 unspecified atom stereocenters. The van der Waals surface area contributed by atoms with Gasteiger partial charge >= 0.3 is 0 Å². The van der Waals surface area contributed by atoms with E-state index in [0.29, 0.717) is 42.7 Å². The lowest BCUT2D eigenvalue weighted by Crippen LogP contribution is -2.23. The molecule has 1 aliphatic heterocycles. The van der Waals surface area contributed by atoms with Crippen molar-refractivity contribution in [3.05, 3.63) is 58.6 Å². The van der Waals surface area contributed by atoms with Crippen LogP contribution < -0.4 is 19.5 Å². The SMILES string of the molecule is COc1ccccc1CCNC(=O)/C=C/c1cc(Cl)c2c(c1)OCCO2. The van der Waals surface area contributed by atoms with Gasteiger partial charge in [-0.25, -0.2) is 0 Å². The summed E-state index contributed by atoms with van der Waals surface area (Å²) in [6, 6.07) is 11.3. The van der Waals surface area contributed by atoms with Crippen molar-refractivity contribution in [2.45, 2.75) is 6.42 Å². The van der Waals surface area contributed by atoms with Gasteiger partial charge in [-0.2, -0.15) is 0 Å². The zero-order valence-corrected chi connectivity index (χ0v) is 15.2. The molecule has 0 saturated heterocycles. The van der Waals surface area contributed by atoms with E-state index in [1.54, 1.807) is 25.3 Å². The molecule has 5 nitrogen and oxygen atoms in total. The molecule has 0 aliphatic carbocycles. The van der Waals surface area contributed by atoms with Crippen molar-refractivity contribution >= 4 is 23.6 Å². The first kappa shape index (κ1) is 18.1. The maximum Gasteiger partial charge on any atom is 0.244 e. The predicted molar refractivity (Wildman–Crippen MR) is 101 cm³/mol. The van der Waals surface area contributed by atoms with Crippen LogP contribution in [0.2, 0.25) is 5.02 Å². The van der Waals surface area contributed by atoms with Gasteiger partial charge in [-0.1, -0.05) is 29.8 Å². The summed E-state index contributed by atoms with van der Waals surface area (Å²) in [6.07, 6.45) is 3.87. The Kier molecular flexibility index (Phi) is 6.02. The highest BCUT2D eigenvalue weighted by Crippen LogP contribution is 2.38. The number of hydrogen-bond donors (Lipinski definition) is 1. The normalized spacial score (nSPS) is 12.8. The number of benzene rings is 2. The molecule has 26 heavy (non-hydrogen) atoms. The molecule has 0 bridgehead atoms. The summed E-state index contributed by atoms with van der Waals surface area (Å²) in [6.45, 7) is 1.49. The van der Waals surface area contributed by atoms with Crippen LogP contribution in [0.25, 0.3) is 6.08 Å². The average Bonchev–Trinajstić information content (AvgIpc) is 2.67. The second-order valence-electron chi connectivity index (χ2n) is 5.71. The Balaban J connectivity index is 1.55. The van der Waals surface area contributed by atoms with E-state index in [1.807, 2.05) is 24.3 Å². The summed E-state index contributed by atoms with van der Waals surface area (Å²) in [5, 5.41) is 3.33. The monoisotopic (exact) mass is 373 g/mol. The van der Waals surface area contributed by atoms with Crippen molar-refractivity contribution in [2.24, 2.45) is 0 Å². The number of fused-ring (bicyclic) bond motifs is 1. The molecular weight excluding hydrogens is 354 g/mol. The van der Waals surface area contributed by atoms with Crippen LogP contribution in [0.5, 0.6) is 17.2 Å². The number of methoxy groups -OCH3 is 1. The molecule has 1 heterocycles. The molecule has 1 amide bonds. The van der Waals surface area contributed by atoms with E-state index < -0.39 is 0 Å². The third kappa shape index (κ3) is 4.49. The van der Waals surface area contributed by atoms with Crippen molar-refractivity contribution < 1.29 is 19.0 Å². The van der Waals surface area contributed by atoms with Crippen LogP contribution in [-0.2, 0) is 11.2 Å². The number of carbonyl (C=O) groups excluding carboxylic acids is 1. The smallest absolute Gasteiger partial charge is 0.244 e. The predicted octanol–water partition coefficient (Wildman–Crippen LogP) is 3.49. The standard InChI is InChI=1S/C20H20ClNO4/c1-24-17-5-3-2-4-15(17)8-9-22-19(23)7-6-14-12-16(21)20-18(13-14)25-10-11-26-20/h2-7,12-13H,8-11H2,1H3,(H,22,23)/b7-6+. The van der Waals surface area contributed by atoms with E-state index in [1.165, 1.54) is 6.08 Å². The number of nitrogens with one attached hydrogen (secondary N) is 1. The van der Waals surface area contributed by atoms with Gasteiger partial charge < -0.3 is 19.5 Å². The first-order valence-electron chi connectivity index (χ1n) is 8.34. The van der Waals surface area contributed by atoms with Gasteiger partial charge in [0, 0.05) is 12.6 Å². The summed E-state index contributed by atoms with van der Waals surface area (Å²) in [5.74, 6) is 1.80. The van der Waals surface area contributed by atoms with Gasteiger partial charge in [0.1, 0.15) is 19.0 Å². The molecule has 136 valence electrons. The Morgan fingerprint density at radius 1 is 1.27 bits per heavy atom. The fourth-order valence-corrected chi connectivity index (χ4v) is 2.96. The maximum atomic E-state index is 12.0. The Labute approximate surface area is 157 Å². The van der Waals surface area contributed by atoms with Gasteiger partial charge in [-0.15, -0.1) is 0 Å². The van der Waals surface area contributed by atoms with Crippen LogP contribution in [0.15, 0.2) is 42.5 Å². The summed E-state index contributed by atoms with van der Waals surface area (Å²) >= 11 is 6.19. The number of halogens is 1. The summed E-state index contributed by atoms with van der Waals surface area (Å²) < 4.78 is 16.3. The lowest BCUT2D eigenvalue weighted by atomic mass is 10.1. The van der Waals surface area contributed by atoms with Crippen molar-refractivity contribution in [1.29, 1.82) is 0 Å². The average molecular weight is 374 g/mol. The van der Waals surface area contributed by atoms with Crippen molar-refractivity contribution in [3.63, 3.8) is 0 Å². The minimum absolute atomic E-state index is 0.175. The second kappa shape index (κ2) is 8.63. The summed E-state index contributed by atoms with van der Waals surface area (Å²) in [7, 11) is 1.64. The van der Waals surface area contributed by atoms with E-state index in [2.05, 4.69) is 5.32 Å². The van der Waals surface area contributed by atoms with Crippen LogP contribution in [-0.4, -0.2) is 32.8 Å². The topological polar surface area (TPSA) is 56.8 Å². The second-order valence-corrected chi connectivity index (χ2v) is 6.12. The Bertz CT molecular complexity index is 819. The number of amides is 1. The molecule has 2 aromatic carbocycles. The largest absolute Gasteiger partial charge is 0.496 e. The van der Waals surface area contributed by atoms with Crippen molar-refractivity contribution in [3.8, 4) is 17.2 Å². The molecule has 1 N–H and O–H groups in total. The molecule has 0 aromatic heterocycles. The minimum Gasteiger partial charge on any atom is -0.496 e. The lowest BCUT2D eigenvalue weighted by molar-refractivity contribution is -0.116. The number of ether oxygens (including phenoxy) is 3. The van der Waals surface area contributed by atoms with E-state index >= 15 is 0 Å². The van der Waals surface area contributed by atoms with Crippen LogP contribution in [0, 0.1) is 0 Å². The Morgan fingerprint density at radius 2 is 2.08 bits per heavy atom. The molecule has 0 fully saturated rings. The molecule has 2 aromatic rings. The van der Waals surface area contributed by atoms with Gasteiger partial charge in [0.2, 0.25) is 5.91 Å². The van der Waals surface area contributed by atoms with Gasteiger partial charge in [-0.3, -0.25) is 4.79 Å². The quantitative estimate of drug-likeness (QED) is 0.787. The highest BCUT2D eigenvalue weighted by atomic mass is 35.5. The fourth-order valence-electron chi connectivity index (χ4n) is 2.69. The van der Waals surface area contributed by atoms with E-state index in [0.717, 1.165) is 16.9 Å². The third-order valence-corrected chi connectivity index (χ3v) is 4.21. The molecule has 0 atom stereocenters. The van der Waals surface area contributed by atoms with Crippen LogP contribution >= 0.6 is 11.6 Å². The molecule has 6 heteroatoms. The summed E-state index contributed by atoms with van der Waals surface area (Å²) in [4.78, 5) is 12.0. The van der Waals surface area contributed by atoms with Crippen LogP contribution in [0.4, 0.5) is 0 Å². The lowest BCUT2D eigenvalue weighted by Gasteiger charge is -2.19. The molecule has 1 aliphatic rings. The van der Waals surface area contributed by atoms with Gasteiger partial charge in [-0.05, 0) is 41.8 Å². The third-order valence-electron chi connectivity index (χ3n) is 3.93. The number of carbonyl (C=O) groups is 1. The fraction of sp³-hybridized carbons (Fsp3) is 0.250. The van der Waals surface area contributed by atoms with Crippen molar-refractivity contribution in [2.75, 3.05) is 26.9 Å². The van der Waals surface area contributed by atoms with E-state index in [9.17, 15) is 4.79 Å². The van der Waals surface area contributed by atoms with Crippen LogP contribution in [0.3, 0.4) is 0 Å². The van der Waals surface area contributed by atoms with E-state index in [4.69, 9.17) is 25.8 Å². The molecule has 0 saturated carbocycles. The Morgan fingerprint density at radius 3 is 2.92 bits per heavy atom. The zero-order valence-electron chi connectivity index (χ0n) is 14.5. The molecule has 0 radical (unpaired) electrons. The van der Waals surface area contributed by atoms with Crippen molar-refractivity contribution in [1.82, 2.24) is 5.32 Å². The minimum atomic E-state index is -0.175. The van der Waals surface area contributed by atoms with Gasteiger partial charge in [0.05, 0.1) is 12.1 Å². The molecular formula is C20H20ClNO4. The van der Waals surface area contributed by atoms with Gasteiger partial charge in [0.15, 0.2) is 11.5 Å². The van der Waals surface area contributed by atoms with Gasteiger partial charge in [0.25, 0.3) is 0 Å². The van der Waals surface area contributed by atoms with Crippen LogP contribution in [0.1, 0.15) is 11.1 Å². The summed E-state index contributed by atoms with van der Waals surface area (Å²) in [5.41, 5.74) is 1.83. The highest BCUT2D eigenvalue weighted by molar-refractivity contribution is 6.32. The molecule has 3 rings (SSSR count).